The molecule has 0 saturated carbocycles. The quantitative estimate of drug-likeness (QED) is 0.192. The molecule has 32 heavy (non-hydrogen) atoms. The summed E-state index contributed by atoms with van der Waals surface area (Å²) >= 11 is 0. The fourth-order valence-corrected chi connectivity index (χ4v) is 3.05. The summed E-state index contributed by atoms with van der Waals surface area (Å²) < 4.78 is 69.6. The smallest absolute Gasteiger partial charge is 0.309 e. The van der Waals surface area contributed by atoms with E-state index in [1.54, 1.807) is 0 Å². The first-order valence-corrected chi connectivity index (χ1v) is 9.03. The van der Waals surface area contributed by atoms with Crippen molar-refractivity contribution in [3.05, 3.63) is 68.4 Å². The van der Waals surface area contributed by atoms with Crippen LogP contribution < -0.4 is 5.32 Å². The van der Waals surface area contributed by atoms with Crippen molar-refractivity contribution < 1.29 is 31.7 Å². The molecule has 0 unspecified atom stereocenters. The van der Waals surface area contributed by atoms with E-state index in [-0.39, 0.29) is 35.9 Å². The van der Waals surface area contributed by atoms with Gasteiger partial charge in [-0.2, -0.15) is 10.2 Å². The third kappa shape index (κ3) is 4.29. The van der Waals surface area contributed by atoms with Crippen LogP contribution in [0.15, 0.2) is 12.3 Å². The number of hydrogen-bond donors (Lipinski definition) is 1. The van der Waals surface area contributed by atoms with Gasteiger partial charge in [-0.05, 0) is 13.8 Å². The monoisotopic (exact) mass is 458 g/mol. The normalized spacial score (nSPS) is 11.1. The topological polar surface area (TPSA) is 108 Å². The van der Waals surface area contributed by atoms with Crippen LogP contribution in [-0.4, -0.2) is 30.4 Å². The molecule has 0 aliphatic rings. The van der Waals surface area contributed by atoms with E-state index in [0.717, 1.165) is 4.68 Å². The SMILES string of the molecule is Cc1nn(CCC(=O)Nc2ccn(Cc3c(F)c(F)c(F)c(F)c3F)n2)c(C)c1[N+](=O)[O-]. The zero-order chi connectivity index (χ0) is 23.7. The zero-order valence-corrected chi connectivity index (χ0v) is 16.6. The minimum absolute atomic E-state index is 0.0294. The van der Waals surface area contributed by atoms with E-state index >= 15 is 0 Å². The summed E-state index contributed by atoms with van der Waals surface area (Å²) in [6.07, 6.45) is 1.06. The van der Waals surface area contributed by atoms with Crippen molar-refractivity contribution in [2.45, 2.75) is 33.4 Å². The number of halogens is 5. The number of nitrogens with one attached hydrogen (secondary N) is 1. The summed E-state index contributed by atoms with van der Waals surface area (Å²) in [5.74, 6) is -10.9. The summed E-state index contributed by atoms with van der Waals surface area (Å²) in [6.45, 7) is 2.24. The zero-order valence-electron chi connectivity index (χ0n) is 16.6. The van der Waals surface area contributed by atoms with Crippen LogP contribution in [0.2, 0.25) is 0 Å². The fraction of sp³-hybridized carbons (Fsp3) is 0.278. The van der Waals surface area contributed by atoms with Gasteiger partial charge in [0.25, 0.3) is 0 Å². The largest absolute Gasteiger partial charge is 0.312 e. The summed E-state index contributed by atoms with van der Waals surface area (Å²) in [4.78, 5) is 22.6. The van der Waals surface area contributed by atoms with E-state index in [0.29, 0.717) is 0 Å². The second kappa shape index (κ2) is 8.72. The molecule has 9 nitrogen and oxygen atoms in total. The standard InChI is InChI=1S/C18H15F5N6O3/c1-8-18(29(31)32)9(2)28(25-8)6-4-12(30)24-11-3-5-27(26-11)7-10-13(19)15(21)17(23)16(22)14(10)20/h3,5H,4,6-7H2,1-2H3,(H,24,26,30). The lowest BCUT2D eigenvalue weighted by Crippen LogP contribution is -2.16. The van der Waals surface area contributed by atoms with Crippen LogP contribution in [0.4, 0.5) is 33.5 Å². The number of benzene rings is 1. The highest BCUT2D eigenvalue weighted by Gasteiger charge is 2.26. The fourth-order valence-electron chi connectivity index (χ4n) is 3.05. The Hall–Kier alpha value is -3.84. The van der Waals surface area contributed by atoms with Gasteiger partial charge in [-0.1, -0.05) is 0 Å². The van der Waals surface area contributed by atoms with Gasteiger partial charge < -0.3 is 5.32 Å². The molecule has 3 aromatic rings. The van der Waals surface area contributed by atoms with Gasteiger partial charge in [-0.25, -0.2) is 22.0 Å². The Morgan fingerprint density at radius 2 is 1.66 bits per heavy atom. The van der Waals surface area contributed by atoms with E-state index in [9.17, 15) is 36.9 Å². The van der Waals surface area contributed by atoms with Crippen molar-refractivity contribution in [3.63, 3.8) is 0 Å². The Labute approximate surface area is 176 Å². The van der Waals surface area contributed by atoms with E-state index in [2.05, 4.69) is 15.5 Å². The van der Waals surface area contributed by atoms with Crippen LogP contribution in [0.5, 0.6) is 0 Å². The predicted octanol–water partition coefficient (Wildman–Crippen LogP) is 3.38. The van der Waals surface area contributed by atoms with E-state index in [4.69, 9.17) is 0 Å². The molecule has 0 atom stereocenters. The Bertz CT molecular complexity index is 1190. The van der Waals surface area contributed by atoms with Crippen molar-refractivity contribution in [1.82, 2.24) is 19.6 Å². The number of carbonyl (C=O) groups excluding carboxylic acids is 1. The molecule has 0 spiro atoms. The third-order valence-corrected chi connectivity index (χ3v) is 4.61. The van der Waals surface area contributed by atoms with Crippen molar-refractivity contribution in [2.75, 3.05) is 5.32 Å². The molecular weight excluding hydrogens is 443 g/mol. The minimum atomic E-state index is -2.26. The number of carbonyl (C=O) groups is 1. The predicted molar refractivity (Wildman–Crippen MR) is 99.2 cm³/mol. The molecule has 2 heterocycles. The molecule has 0 aliphatic carbocycles. The Kier molecular flexibility index (Phi) is 6.23. The number of nitro groups is 1. The lowest BCUT2D eigenvalue weighted by Gasteiger charge is -2.08. The van der Waals surface area contributed by atoms with Gasteiger partial charge in [-0.3, -0.25) is 24.3 Å². The number of hydrogen-bond acceptors (Lipinski definition) is 5. The molecule has 3 rings (SSSR count). The lowest BCUT2D eigenvalue weighted by molar-refractivity contribution is -0.386. The first kappa shape index (κ1) is 22.8. The third-order valence-electron chi connectivity index (χ3n) is 4.61. The van der Waals surface area contributed by atoms with Gasteiger partial charge in [0.15, 0.2) is 29.1 Å². The molecule has 14 heteroatoms. The first-order valence-electron chi connectivity index (χ1n) is 9.03. The Morgan fingerprint density at radius 3 is 2.22 bits per heavy atom. The second-order valence-corrected chi connectivity index (χ2v) is 6.74. The second-order valence-electron chi connectivity index (χ2n) is 6.74. The average molecular weight is 458 g/mol. The molecule has 1 aromatic carbocycles. The van der Waals surface area contributed by atoms with Crippen molar-refractivity contribution in [1.29, 1.82) is 0 Å². The highest BCUT2D eigenvalue weighted by Crippen LogP contribution is 2.24. The van der Waals surface area contributed by atoms with Crippen LogP contribution in [0, 0.1) is 53.0 Å². The van der Waals surface area contributed by atoms with Crippen LogP contribution >= 0.6 is 0 Å². The highest BCUT2D eigenvalue weighted by atomic mass is 19.2. The molecule has 0 bridgehead atoms. The van der Waals surface area contributed by atoms with Gasteiger partial charge in [-0.15, -0.1) is 0 Å². The summed E-state index contributed by atoms with van der Waals surface area (Å²) in [7, 11) is 0. The van der Waals surface area contributed by atoms with Gasteiger partial charge in [0.05, 0.1) is 23.6 Å². The molecule has 0 radical (unpaired) electrons. The van der Waals surface area contributed by atoms with Gasteiger partial charge in [0.1, 0.15) is 11.4 Å². The highest BCUT2D eigenvalue weighted by molar-refractivity contribution is 5.89. The molecular formula is C18H15F5N6O3. The van der Waals surface area contributed by atoms with E-state index in [1.165, 1.54) is 30.8 Å². The molecule has 170 valence electrons. The van der Waals surface area contributed by atoms with Crippen LogP contribution in [0.3, 0.4) is 0 Å². The average Bonchev–Trinajstić information content (AvgIpc) is 3.29. The molecule has 0 saturated heterocycles. The maximum Gasteiger partial charge on any atom is 0.312 e. The van der Waals surface area contributed by atoms with Gasteiger partial charge in [0, 0.05) is 18.7 Å². The number of aromatic nitrogens is 4. The maximum absolute atomic E-state index is 13.8. The van der Waals surface area contributed by atoms with Gasteiger partial charge >= 0.3 is 5.69 Å². The van der Waals surface area contributed by atoms with Gasteiger partial charge in [0.2, 0.25) is 11.7 Å². The van der Waals surface area contributed by atoms with Crippen molar-refractivity contribution in [3.8, 4) is 0 Å². The molecule has 2 aromatic heterocycles. The minimum Gasteiger partial charge on any atom is -0.309 e. The van der Waals surface area contributed by atoms with Crippen LogP contribution in [0.1, 0.15) is 23.4 Å². The summed E-state index contributed by atoms with van der Waals surface area (Å²) in [5, 5.41) is 21.3. The lowest BCUT2D eigenvalue weighted by atomic mass is 10.1. The summed E-state index contributed by atoms with van der Waals surface area (Å²) in [5.41, 5.74) is -0.724. The molecule has 1 amide bonds. The Balaban J connectivity index is 1.66. The number of rotatable bonds is 7. The number of anilines is 1. The molecule has 0 fully saturated rings. The molecule has 1 N–H and O–H groups in total. The first-order chi connectivity index (χ1) is 15.0. The Morgan fingerprint density at radius 1 is 1.06 bits per heavy atom. The van der Waals surface area contributed by atoms with Crippen molar-refractivity contribution >= 4 is 17.4 Å². The van der Waals surface area contributed by atoms with Crippen molar-refractivity contribution in [2.24, 2.45) is 0 Å². The maximum atomic E-state index is 13.8. The van der Waals surface area contributed by atoms with Crippen LogP contribution in [-0.2, 0) is 17.9 Å². The van der Waals surface area contributed by atoms with Crippen LogP contribution in [0.25, 0.3) is 0 Å². The summed E-state index contributed by atoms with van der Waals surface area (Å²) in [6, 6.07) is 1.26. The van der Waals surface area contributed by atoms with E-state index < -0.39 is 52.0 Å². The number of amides is 1. The number of aryl methyl sites for hydroxylation is 2. The molecule has 0 aliphatic heterocycles. The number of nitrogens with zero attached hydrogens (tertiary/aromatic N) is 5. The van der Waals surface area contributed by atoms with E-state index in [1.807, 2.05) is 0 Å².